The zero-order chi connectivity index (χ0) is 51.8. The van der Waals surface area contributed by atoms with Gasteiger partial charge in [-0.3, -0.25) is 0 Å². The van der Waals surface area contributed by atoms with Crippen molar-refractivity contribution in [1.82, 2.24) is 24.1 Å². The van der Waals surface area contributed by atoms with E-state index in [9.17, 15) is 0 Å². The van der Waals surface area contributed by atoms with Gasteiger partial charge in [0.25, 0.3) is 0 Å². The Morgan fingerprint density at radius 2 is 0.769 bits per heavy atom. The van der Waals surface area contributed by atoms with E-state index < -0.39 is 0 Å². The highest BCUT2D eigenvalue weighted by Crippen LogP contribution is 2.43. The van der Waals surface area contributed by atoms with Gasteiger partial charge in [0.15, 0.2) is 17.5 Å². The Balaban J connectivity index is 0.00000262. The van der Waals surface area contributed by atoms with E-state index in [-0.39, 0.29) is 0 Å². The second-order valence-corrected chi connectivity index (χ2v) is 19.5. The van der Waals surface area contributed by atoms with Crippen LogP contribution in [0.1, 0.15) is 13.8 Å². The highest BCUT2D eigenvalue weighted by molar-refractivity contribution is 6.16. The van der Waals surface area contributed by atoms with Gasteiger partial charge in [-0.25, -0.2) is 15.0 Å². The molecular formula is C71H47N5O2. The number of aromatic nitrogens is 5. The summed E-state index contributed by atoms with van der Waals surface area (Å²) in [5, 5.41) is 9.12. The Kier molecular flexibility index (Phi) is 10.5. The molecule has 0 bridgehead atoms. The van der Waals surface area contributed by atoms with E-state index in [1.807, 2.05) is 80.6 Å². The van der Waals surface area contributed by atoms with Gasteiger partial charge in [0.05, 0.1) is 22.1 Å². The second kappa shape index (κ2) is 18.2. The van der Waals surface area contributed by atoms with Gasteiger partial charge in [0.2, 0.25) is 0 Å². The average molecular weight is 1000 g/mol. The van der Waals surface area contributed by atoms with Gasteiger partial charge in [0.1, 0.15) is 22.3 Å². The third-order valence-electron chi connectivity index (χ3n) is 15.2. The van der Waals surface area contributed by atoms with Crippen molar-refractivity contribution in [2.45, 2.75) is 13.8 Å². The summed E-state index contributed by atoms with van der Waals surface area (Å²) in [5.41, 5.74) is 17.1. The maximum atomic E-state index is 6.57. The lowest BCUT2D eigenvalue weighted by molar-refractivity contribution is 0.669. The van der Waals surface area contributed by atoms with Gasteiger partial charge >= 0.3 is 0 Å². The van der Waals surface area contributed by atoms with E-state index in [2.05, 4.69) is 191 Å². The van der Waals surface area contributed by atoms with Crippen molar-refractivity contribution in [3.8, 4) is 67.8 Å². The fourth-order valence-electron chi connectivity index (χ4n) is 11.7. The summed E-state index contributed by atoms with van der Waals surface area (Å²) in [6, 6.07) is 87.7. The molecule has 0 aliphatic heterocycles. The van der Waals surface area contributed by atoms with E-state index in [1.165, 1.54) is 21.8 Å². The van der Waals surface area contributed by atoms with Crippen molar-refractivity contribution in [2.24, 2.45) is 0 Å². The number of para-hydroxylation sites is 6. The standard InChI is InChI=1S/C69H41N5O2.C2H6/c1-2-15-42(16-3-1)67-70-68(72-69(71-67)46-33-37-55-53-21-6-10-29-62(53)75-64(55)40-46)43-31-34-47(35-32-43)74-61-38-36-48(73-59-27-8-4-19-51(59)52-20-5-9-28-60(52)73)41-58(61)56-25-13-23-49(65(56)74)44-17-12-18-45(39-44)50-24-14-26-57-54-22-7-11-30-63(54)76-66(50)57;1-2/h1-41H;1-2H3. The zero-order valence-corrected chi connectivity index (χ0v) is 42.7. The molecule has 0 unspecified atom stereocenters. The Hall–Kier alpha value is -10.4. The van der Waals surface area contributed by atoms with E-state index >= 15 is 0 Å². The van der Waals surface area contributed by atoms with Crippen LogP contribution in [-0.4, -0.2) is 24.1 Å². The van der Waals surface area contributed by atoms with Crippen LogP contribution in [-0.2, 0) is 0 Å². The van der Waals surface area contributed by atoms with E-state index in [0.717, 1.165) is 116 Å². The summed E-state index contributed by atoms with van der Waals surface area (Å²) in [4.78, 5) is 15.3. The Morgan fingerprint density at radius 3 is 1.49 bits per heavy atom. The molecule has 0 aliphatic carbocycles. The third kappa shape index (κ3) is 7.16. The Bertz CT molecular complexity index is 4950. The molecule has 5 heterocycles. The molecule has 16 aromatic rings. The highest BCUT2D eigenvalue weighted by Gasteiger charge is 2.22. The van der Waals surface area contributed by atoms with Crippen molar-refractivity contribution in [1.29, 1.82) is 0 Å². The second-order valence-electron chi connectivity index (χ2n) is 19.5. The van der Waals surface area contributed by atoms with Gasteiger partial charge in [-0.1, -0.05) is 178 Å². The molecule has 0 atom stereocenters. The number of furan rings is 2. The summed E-state index contributed by atoms with van der Waals surface area (Å²) in [7, 11) is 0. The first-order valence-corrected chi connectivity index (χ1v) is 26.6. The largest absolute Gasteiger partial charge is 0.456 e. The van der Waals surface area contributed by atoms with Crippen LogP contribution in [0.15, 0.2) is 258 Å². The number of rotatable bonds is 7. The lowest BCUT2D eigenvalue weighted by Gasteiger charge is -2.14. The van der Waals surface area contributed by atoms with Crippen LogP contribution < -0.4 is 0 Å². The van der Waals surface area contributed by atoms with Crippen LogP contribution in [0.4, 0.5) is 0 Å². The molecule has 78 heavy (non-hydrogen) atoms. The molecule has 0 amide bonds. The van der Waals surface area contributed by atoms with Crippen LogP contribution in [0.3, 0.4) is 0 Å². The molecule has 0 N–H and O–H groups in total. The molecule has 11 aromatic carbocycles. The Labute approximate surface area is 448 Å². The molecule has 0 spiro atoms. The van der Waals surface area contributed by atoms with Crippen molar-refractivity contribution in [3.05, 3.63) is 249 Å². The molecule has 5 aromatic heterocycles. The van der Waals surface area contributed by atoms with Gasteiger partial charge < -0.3 is 18.0 Å². The van der Waals surface area contributed by atoms with Gasteiger partial charge in [-0.15, -0.1) is 0 Å². The summed E-state index contributed by atoms with van der Waals surface area (Å²) in [5.74, 6) is 1.74. The molecule has 0 aliphatic rings. The molecule has 0 saturated carbocycles. The monoisotopic (exact) mass is 1000 g/mol. The van der Waals surface area contributed by atoms with Crippen LogP contribution in [0, 0.1) is 0 Å². The van der Waals surface area contributed by atoms with Crippen LogP contribution in [0.5, 0.6) is 0 Å². The quantitative estimate of drug-likeness (QED) is 0.159. The minimum absolute atomic E-state index is 0.570. The minimum atomic E-state index is 0.570. The molecule has 368 valence electrons. The van der Waals surface area contributed by atoms with Crippen molar-refractivity contribution < 1.29 is 8.83 Å². The highest BCUT2D eigenvalue weighted by atomic mass is 16.3. The fraction of sp³-hybridized carbons (Fsp3) is 0.0282. The third-order valence-corrected chi connectivity index (χ3v) is 15.2. The zero-order valence-electron chi connectivity index (χ0n) is 42.7. The van der Waals surface area contributed by atoms with Gasteiger partial charge in [-0.2, -0.15) is 0 Å². The molecule has 0 fully saturated rings. The number of benzene rings is 11. The first-order valence-electron chi connectivity index (χ1n) is 26.6. The Morgan fingerprint density at radius 1 is 0.282 bits per heavy atom. The molecule has 7 nitrogen and oxygen atoms in total. The summed E-state index contributed by atoms with van der Waals surface area (Å²) < 4.78 is 17.7. The molecular weight excluding hydrogens is 955 g/mol. The lowest BCUT2D eigenvalue weighted by atomic mass is 9.96. The minimum Gasteiger partial charge on any atom is -0.456 e. The van der Waals surface area contributed by atoms with Crippen molar-refractivity contribution >= 4 is 87.5 Å². The summed E-state index contributed by atoms with van der Waals surface area (Å²) in [6.45, 7) is 4.00. The number of hydrogen-bond acceptors (Lipinski definition) is 5. The average Bonchev–Trinajstić information content (AvgIpc) is 4.47. The van der Waals surface area contributed by atoms with Crippen molar-refractivity contribution in [2.75, 3.05) is 0 Å². The number of nitrogens with zero attached hydrogens (tertiary/aromatic N) is 5. The molecule has 7 heteroatoms. The van der Waals surface area contributed by atoms with Crippen LogP contribution >= 0.6 is 0 Å². The first-order chi connectivity index (χ1) is 38.7. The fourth-order valence-corrected chi connectivity index (χ4v) is 11.7. The van der Waals surface area contributed by atoms with Crippen LogP contribution in [0.2, 0.25) is 0 Å². The van der Waals surface area contributed by atoms with Gasteiger partial charge in [0, 0.05) is 82.3 Å². The van der Waals surface area contributed by atoms with Crippen LogP contribution in [0.25, 0.3) is 155 Å². The maximum Gasteiger partial charge on any atom is 0.164 e. The molecule has 0 radical (unpaired) electrons. The molecule has 0 saturated heterocycles. The predicted molar refractivity (Wildman–Crippen MR) is 322 cm³/mol. The maximum absolute atomic E-state index is 6.57. The summed E-state index contributed by atoms with van der Waals surface area (Å²) in [6.07, 6.45) is 0. The normalized spacial score (nSPS) is 11.7. The predicted octanol–water partition coefficient (Wildman–Crippen LogP) is 19.2. The number of fused-ring (bicyclic) bond motifs is 12. The van der Waals surface area contributed by atoms with E-state index in [0.29, 0.717) is 17.5 Å². The van der Waals surface area contributed by atoms with Crippen molar-refractivity contribution in [3.63, 3.8) is 0 Å². The first kappa shape index (κ1) is 45.1. The van der Waals surface area contributed by atoms with E-state index in [4.69, 9.17) is 23.8 Å². The smallest absolute Gasteiger partial charge is 0.164 e. The number of hydrogen-bond donors (Lipinski definition) is 0. The van der Waals surface area contributed by atoms with E-state index in [1.54, 1.807) is 0 Å². The molecule has 16 rings (SSSR count). The summed E-state index contributed by atoms with van der Waals surface area (Å²) >= 11 is 0. The lowest BCUT2D eigenvalue weighted by Crippen LogP contribution is -2.01. The SMILES string of the molecule is CC.c1ccc(-c2nc(-c3ccc(-n4c5ccc(-n6c7ccccc7c7ccccc76)cc5c5cccc(-c6cccc(-c7cccc8c7oc7ccccc78)c6)c54)cc3)nc(-c3ccc4c(c3)oc3ccccc34)n2)cc1. The topological polar surface area (TPSA) is 74.8 Å². The van der Waals surface area contributed by atoms with Gasteiger partial charge in [-0.05, 0) is 96.1 Å².